The summed E-state index contributed by atoms with van der Waals surface area (Å²) in [5.74, 6) is 2.33. The molecule has 0 fully saturated rings. The highest BCUT2D eigenvalue weighted by atomic mass is 14.9. The SMILES string of the molecule is CNC(C)(C)C(C)[C@@H](C)CC(C)C. The molecule has 1 unspecified atom stereocenters. The first kappa shape index (κ1) is 13.0. The highest BCUT2D eigenvalue weighted by molar-refractivity contribution is 4.85. The average molecular weight is 185 g/mol. The summed E-state index contributed by atoms with van der Waals surface area (Å²) in [6.45, 7) is 13.9. The number of hydrogen-bond acceptors (Lipinski definition) is 1. The van der Waals surface area contributed by atoms with Crippen molar-refractivity contribution in [2.75, 3.05) is 7.05 Å². The van der Waals surface area contributed by atoms with Gasteiger partial charge in [0.25, 0.3) is 0 Å². The van der Waals surface area contributed by atoms with E-state index in [1.165, 1.54) is 6.42 Å². The Morgan fingerprint density at radius 2 is 1.54 bits per heavy atom. The van der Waals surface area contributed by atoms with Gasteiger partial charge in [0, 0.05) is 5.54 Å². The lowest BCUT2D eigenvalue weighted by atomic mass is 9.77. The summed E-state index contributed by atoms with van der Waals surface area (Å²) in [5, 5.41) is 3.40. The Hall–Kier alpha value is -0.0400. The normalized spacial score (nSPS) is 17.5. The minimum Gasteiger partial charge on any atom is -0.315 e. The van der Waals surface area contributed by atoms with Gasteiger partial charge in [0.1, 0.15) is 0 Å². The van der Waals surface area contributed by atoms with Crippen LogP contribution in [-0.2, 0) is 0 Å². The summed E-state index contributed by atoms with van der Waals surface area (Å²) >= 11 is 0. The molecule has 80 valence electrons. The third-order valence-corrected chi connectivity index (χ3v) is 3.48. The topological polar surface area (TPSA) is 12.0 Å². The second-order valence-corrected chi connectivity index (χ2v) is 5.37. The van der Waals surface area contributed by atoms with Crippen molar-refractivity contribution in [1.82, 2.24) is 5.32 Å². The molecule has 0 saturated carbocycles. The van der Waals surface area contributed by atoms with E-state index in [9.17, 15) is 0 Å². The lowest BCUT2D eigenvalue weighted by Crippen LogP contribution is -2.45. The zero-order valence-corrected chi connectivity index (χ0v) is 10.4. The molecule has 0 heterocycles. The van der Waals surface area contributed by atoms with Gasteiger partial charge in [0.15, 0.2) is 0 Å². The molecule has 0 aliphatic rings. The fourth-order valence-corrected chi connectivity index (χ4v) is 1.89. The molecule has 0 saturated heterocycles. The van der Waals surface area contributed by atoms with Crippen LogP contribution >= 0.6 is 0 Å². The van der Waals surface area contributed by atoms with E-state index in [0.717, 1.165) is 17.8 Å². The quantitative estimate of drug-likeness (QED) is 0.693. The maximum Gasteiger partial charge on any atom is 0.0150 e. The van der Waals surface area contributed by atoms with Gasteiger partial charge in [-0.1, -0.05) is 27.7 Å². The number of rotatable bonds is 5. The summed E-state index contributed by atoms with van der Waals surface area (Å²) < 4.78 is 0. The molecule has 0 bridgehead atoms. The minimum absolute atomic E-state index is 0.258. The third-order valence-electron chi connectivity index (χ3n) is 3.48. The van der Waals surface area contributed by atoms with Gasteiger partial charge in [0.05, 0.1) is 0 Å². The van der Waals surface area contributed by atoms with E-state index < -0.39 is 0 Å². The summed E-state index contributed by atoms with van der Waals surface area (Å²) in [4.78, 5) is 0. The van der Waals surface area contributed by atoms with Crippen molar-refractivity contribution in [3.63, 3.8) is 0 Å². The molecular formula is C12H27N. The predicted molar refractivity (Wildman–Crippen MR) is 60.9 cm³/mol. The van der Waals surface area contributed by atoms with Gasteiger partial charge in [-0.3, -0.25) is 0 Å². The highest BCUT2D eigenvalue weighted by Crippen LogP contribution is 2.28. The monoisotopic (exact) mass is 185 g/mol. The van der Waals surface area contributed by atoms with E-state index in [2.05, 4.69) is 53.9 Å². The average Bonchev–Trinajstić information content (AvgIpc) is 2.01. The van der Waals surface area contributed by atoms with Crippen molar-refractivity contribution in [3.8, 4) is 0 Å². The van der Waals surface area contributed by atoms with E-state index in [4.69, 9.17) is 0 Å². The Labute approximate surface area is 84.3 Å². The molecule has 0 aromatic heterocycles. The van der Waals surface area contributed by atoms with Crippen LogP contribution in [0.3, 0.4) is 0 Å². The van der Waals surface area contributed by atoms with Crippen LogP contribution in [0.2, 0.25) is 0 Å². The van der Waals surface area contributed by atoms with Crippen LogP contribution in [0.5, 0.6) is 0 Å². The van der Waals surface area contributed by atoms with Gasteiger partial charge in [-0.25, -0.2) is 0 Å². The Kier molecular flexibility index (Phi) is 4.98. The van der Waals surface area contributed by atoms with Crippen molar-refractivity contribution in [1.29, 1.82) is 0 Å². The molecule has 0 aliphatic carbocycles. The minimum atomic E-state index is 0.258. The molecule has 0 aliphatic heterocycles. The zero-order valence-electron chi connectivity index (χ0n) is 10.4. The molecule has 0 radical (unpaired) electrons. The molecule has 0 aromatic rings. The zero-order chi connectivity index (χ0) is 10.6. The smallest absolute Gasteiger partial charge is 0.0150 e. The van der Waals surface area contributed by atoms with Crippen molar-refractivity contribution in [3.05, 3.63) is 0 Å². The van der Waals surface area contributed by atoms with E-state index in [0.29, 0.717) is 0 Å². The van der Waals surface area contributed by atoms with Crippen LogP contribution in [0.15, 0.2) is 0 Å². The van der Waals surface area contributed by atoms with Crippen LogP contribution < -0.4 is 5.32 Å². The summed E-state index contributed by atoms with van der Waals surface area (Å²) in [7, 11) is 2.05. The Bertz CT molecular complexity index is 138. The second kappa shape index (κ2) is 4.99. The Balaban J connectivity index is 4.16. The van der Waals surface area contributed by atoms with Gasteiger partial charge in [0.2, 0.25) is 0 Å². The highest BCUT2D eigenvalue weighted by Gasteiger charge is 2.28. The van der Waals surface area contributed by atoms with E-state index >= 15 is 0 Å². The van der Waals surface area contributed by atoms with Crippen LogP contribution in [0.1, 0.15) is 48.0 Å². The summed E-state index contributed by atoms with van der Waals surface area (Å²) in [6, 6.07) is 0. The first-order chi connectivity index (χ1) is 5.81. The van der Waals surface area contributed by atoms with Crippen LogP contribution in [0, 0.1) is 17.8 Å². The molecule has 2 atom stereocenters. The molecule has 0 rings (SSSR count). The molecule has 1 heteroatoms. The fraction of sp³-hybridized carbons (Fsp3) is 1.00. The second-order valence-electron chi connectivity index (χ2n) is 5.37. The van der Waals surface area contributed by atoms with Crippen molar-refractivity contribution < 1.29 is 0 Å². The molecule has 13 heavy (non-hydrogen) atoms. The fourth-order valence-electron chi connectivity index (χ4n) is 1.89. The van der Waals surface area contributed by atoms with Gasteiger partial charge < -0.3 is 5.32 Å². The molecule has 1 nitrogen and oxygen atoms in total. The molecular weight excluding hydrogens is 158 g/mol. The van der Waals surface area contributed by atoms with Crippen LogP contribution in [-0.4, -0.2) is 12.6 Å². The van der Waals surface area contributed by atoms with Crippen molar-refractivity contribution in [2.45, 2.75) is 53.5 Å². The lowest BCUT2D eigenvalue weighted by molar-refractivity contribution is 0.194. The Morgan fingerprint density at radius 1 is 1.08 bits per heavy atom. The third kappa shape index (κ3) is 4.12. The largest absolute Gasteiger partial charge is 0.315 e. The van der Waals surface area contributed by atoms with Crippen LogP contribution in [0.4, 0.5) is 0 Å². The van der Waals surface area contributed by atoms with Gasteiger partial charge >= 0.3 is 0 Å². The van der Waals surface area contributed by atoms with Gasteiger partial charge in [-0.2, -0.15) is 0 Å². The van der Waals surface area contributed by atoms with E-state index in [1.54, 1.807) is 0 Å². The van der Waals surface area contributed by atoms with Gasteiger partial charge in [-0.05, 0) is 45.1 Å². The standard InChI is InChI=1S/C12H27N/c1-9(2)8-10(3)11(4)12(5,6)13-7/h9-11,13H,8H2,1-7H3/t10-,11?/m0/s1. The van der Waals surface area contributed by atoms with Crippen molar-refractivity contribution in [2.24, 2.45) is 17.8 Å². The first-order valence-corrected chi connectivity index (χ1v) is 5.50. The number of nitrogens with one attached hydrogen (secondary N) is 1. The molecule has 0 amide bonds. The van der Waals surface area contributed by atoms with Crippen LogP contribution in [0.25, 0.3) is 0 Å². The Morgan fingerprint density at radius 3 is 1.85 bits per heavy atom. The maximum absolute atomic E-state index is 3.40. The van der Waals surface area contributed by atoms with Crippen molar-refractivity contribution >= 4 is 0 Å². The molecule has 1 N–H and O–H groups in total. The first-order valence-electron chi connectivity index (χ1n) is 5.50. The van der Waals surface area contributed by atoms with Gasteiger partial charge in [-0.15, -0.1) is 0 Å². The predicted octanol–water partition coefficient (Wildman–Crippen LogP) is 3.30. The molecule has 0 spiro atoms. The lowest BCUT2D eigenvalue weighted by Gasteiger charge is -2.36. The molecule has 0 aromatic carbocycles. The van der Waals surface area contributed by atoms with E-state index in [1.807, 2.05) is 0 Å². The summed E-state index contributed by atoms with van der Waals surface area (Å²) in [6.07, 6.45) is 1.33. The summed E-state index contributed by atoms with van der Waals surface area (Å²) in [5.41, 5.74) is 0.258. The number of hydrogen-bond donors (Lipinski definition) is 1. The van der Waals surface area contributed by atoms with E-state index in [-0.39, 0.29) is 5.54 Å². The maximum atomic E-state index is 3.40.